The smallest absolute Gasteiger partial charge is 0.228 e. The molecular weight excluding hydrogens is 353 g/mol. The van der Waals surface area contributed by atoms with E-state index in [1.165, 1.54) is 6.07 Å². The summed E-state index contributed by atoms with van der Waals surface area (Å²) >= 11 is 1.67. The van der Waals surface area contributed by atoms with Gasteiger partial charge in [-0.1, -0.05) is 25.1 Å². The van der Waals surface area contributed by atoms with E-state index in [0.717, 1.165) is 22.7 Å². The van der Waals surface area contributed by atoms with Gasteiger partial charge < -0.3 is 15.2 Å². The highest BCUT2D eigenvalue weighted by molar-refractivity contribution is 7.97. The lowest BCUT2D eigenvalue weighted by atomic mass is 10.1. The Balaban J connectivity index is 1.84. The number of nitrogens with zero attached hydrogens (tertiary/aromatic N) is 3. The molecule has 2 N–H and O–H groups in total. The lowest BCUT2D eigenvalue weighted by molar-refractivity contribution is 0.371. The highest BCUT2D eigenvalue weighted by atomic mass is 32.2. The van der Waals surface area contributed by atoms with Gasteiger partial charge in [0.2, 0.25) is 5.89 Å². The second kappa shape index (κ2) is 10.2. The van der Waals surface area contributed by atoms with E-state index in [2.05, 4.69) is 25.8 Å². The third kappa shape index (κ3) is 6.01. The van der Waals surface area contributed by atoms with Crippen LogP contribution in [0.25, 0.3) is 0 Å². The molecule has 142 valence electrons. The zero-order valence-electron chi connectivity index (χ0n) is 15.7. The highest BCUT2D eigenvalue weighted by Crippen LogP contribution is 2.16. The van der Waals surface area contributed by atoms with Gasteiger partial charge in [-0.3, -0.25) is 4.99 Å². The molecule has 0 radical (unpaired) electrons. The normalized spacial score (nSPS) is 11.8. The largest absolute Gasteiger partial charge is 0.356 e. The molecule has 6 nitrogen and oxygen atoms in total. The van der Waals surface area contributed by atoms with Gasteiger partial charge in [-0.2, -0.15) is 16.7 Å². The fourth-order valence-electron chi connectivity index (χ4n) is 2.35. The van der Waals surface area contributed by atoms with Crippen LogP contribution in [0.4, 0.5) is 4.39 Å². The highest BCUT2D eigenvalue weighted by Gasteiger charge is 2.10. The lowest BCUT2D eigenvalue weighted by Gasteiger charge is -2.13. The van der Waals surface area contributed by atoms with Crippen LogP contribution in [-0.2, 0) is 18.7 Å². The van der Waals surface area contributed by atoms with Gasteiger partial charge >= 0.3 is 0 Å². The van der Waals surface area contributed by atoms with Crippen LogP contribution in [-0.4, -0.2) is 35.9 Å². The topological polar surface area (TPSA) is 75.3 Å². The van der Waals surface area contributed by atoms with Gasteiger partial charge in [0.1, 0.15) is 5.82 Å². The Hall–Kier alpha value is -2.09. The first-order valence-electron chi connectivity index (χ1n) is 8.56. The van der Waals surface area contributed by atoms with Gasteiger partial charge in [0, 0.05) is 38.2 Å². The Morgan fingerprint density at radius 2 is 2.12 bits per heavy atom. The van der Waals surface area contributed by atoms with Gasteiger partial charge in [0.15, 0.2) is 11.8 Å². The van der Waals surface area contributed by atoms with Crippen molar-refractivity contribution in [3.63, 3.8) is 0 Å². The van der Waals surface area contributed by atoms with Crippen LogP contribution in [0.1, 0.15) is 42.6 Å². The number of nitrogens with one attached hydrogen (secondary N) is 2. The summed E-state index contributed by atoms with van der Waals surface area (Å²) in [6.45, 7) is 5.26. The first-order chi connectivity index (χ1) is 12.5. The fourth-order valence-corrected chi connectivity index (χ4v) is 2.93. The average Bonchev–Trinajstić information content (AvgIpc) is 3.09. The number of halogens is 1. The van der Waals surface area contributed by atoms with Crippen LogP contribution in [0.15, 0.2) is 27.7 Å². The van der Waals surface area contributed by atoms with Gasteiger partial charge in [0.05, 0.1) is 0 Å². The quantitative estimate of drug-likeness (QED) is 0.542. The Bertz CT molecular complexity index is 732. The van der Waals surface area contributed by atoms with Crippen LogP contribution >= 0.6 is 11.8 Å². The Morgan fingerprint density at radius 1 is 1.31 bits per heavy atom. The first-order valence-corrected chi connectivity index (χ1v) is 9.96. The molecule has 2 rings (SSSR count). The molecule has 0 fully saturated rings. The fraction of sp³-hybridized carbons (Fsp3) is 0.500. The number of benzene rings is 1. The summed E-state index contributed by atoms with van der Waals surface area (Å²) in [6.07, 6.45) is 2.62. The van der Waals surface area contributed by atoms with Gasteiger partial charge in [-0.05, 0) is 29.5 Å². The average molecular weight is 380 g/mol. The van der Waals surface area contributed by atoms with Crippen molar-refractivity contribution < 1.29 is 8.91 Å². The second-order valence-electron chi connectivity index (χ2n) is 6.15. The summed E-state index contributed by atoms with van der Waals surface area (Å²) in [5.74, 6) is 2.82. The molecule has 2 aromatic rings. The third-order valence-electron chi connectivity index (χ3n) is 3.77. The molecule has 8 heteroatoms. The summed E-state index contributed by atoms with van der Waals surface area (Å²) in [6, 6.07) is 4.89. The van der Waals surface area contributed by atoms with Crippen molar-refractivity contribution in [2.45, 2.75) is 38.5 Å². The molecule has 0 aliphatic rings. The predicted molar refractivity (Wildman–Crippen MR) is 104 cm³/mol. The summed E-state index contributed by atoms with van der Waals surface area (Å²) in [4.78, 5) is 8.56. The zero-order valence-corrected chi connectivity index (χ0v) is 16.5. The van der Waals surface area contributed by atoms with Crippen LogP contribution in [0.2, 0.25) is 0 Å². The third-order valence-corrected chi connectivity index (χ3v) is 4.37. The SMILES string of the molecule is CN=C(NCCc1nc(C(C)C)no1)NCc1ccc(F)cc1CSC. The monoisotopic (exact) mass is 379 g/mol. The molecule has 0 bridgehead atoms. The molecule has 0 saturated carbocycles. The van der Waals surface area contributed by atoms with Crippen LogP contribution in [0, 0.1) is 5.82 Å². The molecule has 1 heterocycles. The minimum absolute atomic E-state index is 0.208. The van der Waals surface area contributed by atoms with E-state index in [1.807, 2.05) is 26.2 Å². The summed E-state index contributed by atoms with van der Waals surface area (Å²) in [5, 5.41) is 10.4. The van der Waals surface area contributed by atoms with E-state index in [0.29, 0.717) is 31.4 Å². The summed E-state index contributed by atoms with van der Waals surface area (Å²) in [7, 11) is 1.71. The lowest BCUT2D eigenvalue weighted by Crippen LogP contribution is -2.38. The molecule has 0 aliphatic carbocycles. The summed E-state index contributed by atoms with van der Waals surface area (Å²) in [5.41, 5.74) is 2.05. The first kappa shape index (κ1) is 20.2. The molecule has 0 amide bonds. The maximum absolute atomic E-state index is 13.4. The molecule has 0 unspecified atom stereocenters. The molecule has 0 spiro atoms. The molecular formula is C18H26FN5OS. The van der Waals surface area contributed by atoms with Crippen molar-refractivity contribution in [1.29, 1.82) is 0 Å². The van der Waals surface area contributed by atoms with E-state index in [-0.39, 0.29) is 11.7 Å². The number of thioether (sulfide) groups is 1. The van der Waals surface area contributed by atoms with Crippen molar-refractivity contribution >= 4 is 17.7 Å². The molecule has 1 aromatic heterocycles. The Morgan fingerprint density at radius 3 is 2.77 bits per heavy atom. The minimum Gasteiger partial charge on any atom is -0.356 e. The van der Waals surface area contributed by atoms with Gasteiger partial charge in [-0.15, -0.1) is 0 Å². The molecule has 1 aromatic carbocycles. The van der Waals surface area contributed by atoms with Gasteiger partial charge in [-0.25, -0.2) is 4.39 Å². The van der Waals surface area contributed by atoms with Crippen LogP contribution < -0.4 is 10.6 Å². The minimum atomic E-state index is -0.208. The van der Waals surface area contributed by atoms with E-state index in [1.54, 1.807) is 24.9 Å². The second-order valence-corrected chi connectivity index (χ2v) is 7.02. The van der Waals surface area contributed by atoms with Gasteiger partial charge in [0.25, 0.3) is 0 Å². The van der Waals surface area contributed by atoms with Crippen LogP contribution in [0.3, 0.4) is 0 Å². The molecule has 0 atom stereocenters. The standard InChI is InChI=1S/C18H26FN5OS/c1-12(2)17-23-16(25-24-17)7-8-21-18(20-3)22-10-13-5-6-15(19)9-14(13)11-26-4/h5-6,9,12H,7-8,10-11H2,1-4H3,(H2,20,21,22). The number of guanidine groups is 1. The maximum atomic E-state index is 13.4. The van der Waals surface area contributed by atoms with Crippen molar-refractivity contribution in [3.8, 4) is 0 Å². The van der Waals surface area contributed by atoms with E-state index in [4.69, 9.17) is 4.52 Å². The molecule has 26 heavy (non-hydrogen) atoms. The predicted octanol–water partition coefficient (Wildman–Crippen LogP) is 3.10. The van der Waals surface area contributed by atoms with E-state index in [9.17, 15) is 4.39 Å². The van der Waals surface area contributed by atoms with Crippen molar-refractivity contribution in [2.75, 3.05) is 19.8 Å². The molecule has 0 saturated heterocycles. The molecule has 0 aliphatic heterocycles. The zero-order chi connectivity index (χ0) is 18.9. The summed E-state index contributed by atoms with van der Waals surface area (Å²) < 4.78 is 18.7. The number of hydrogen-bond acceptors (Lipinski definition) is 5. The maximum Gasteiger partial charge on any atom is 0.228 e. The number of rotatable bonds is 8. The number of aliphatic imine (C=N–C) groups is 1. The number of hydrogen-bond donors (Lipinski definition) is 2. The van der Waals surface area contributed by atoms with Crippen molar-refractivity contribution in [1.82, 2.24) is 20.8 Å². The van der Waals surface area contributed by atoms with Crippen molar-refractivity contribution in [2.24, 2.45) is 4.99 Å². The van der Waals surface area contributed by atoms with Crippen LogP contribution in [0.5, 0.6) is 0 Å². The van der Waals surface area contributed by atoms with Crippen molar-refractivity contribution in [3.05, 3.63) is 46.9 Å². The van der Waals surface area contributed by atoms with E-state index < -0.39 is 0 Å². The number of aromatic nitrogens is 2. The Labute approximate surface area is 158 Å². The van der Waals surface area contributed by atoms with E-state index >= 15 is 0 Å². The Kier molecular flexibility index (Phi) is 7.90.